The number of rotatable bonds is 9. The normalized spacial score (nSPS) is 27.4. The van der Waals surface area contributed by atoms with E-state index in [9.17, 15) is 5.11 Å². The van der Waals surface area contributed by atoms with Crippen molar-refractivity contribution in [2.75, 3.05) is 32.7 Å². The molecule has 0 radical (unpaired) electrons. The molecule has 41 heavy (non-hydrogen) atoms. The van der Waals surface area contributed by atoms with Crippen LogP contribution in [0.1, 0.15) is 67.3 Å². The maximum atomic E-state index is 9.58. The fourth-order valence-corrected chi connectivity index (χ4v) is 6.96. The Balaban J connectivity index is 1.24. The van der Waals surface area contributed by atoms with Crippen LogP contribution < -0.4 is 5.73 Å². The minimum absolute atomic E-state index is 0.0444. The van der Waals surface area contributed by atoms with Crippen molar-refractivity contribution in [1.82, 2.24) is 9.80 Å². The predicted molar refractivity (Wildman–Crippen MR) is 163 cm³/mol. The van der Waals surface area contributed by atoms with Gasteiger partial charge in [0.2, 0.25) is 0 Å². The van der Waals surface area contributed by atoms with Crippen LogP contribution in [0.5, 0.6) is 0 Å². The van der Waals surface area contributed by atoms with Crippen molar-refractivity contribution in [2.24, 2.45) is 11.7 Å². The molecule has 0 spiro atoms. The fraction of sp³-hybridized carbons (Fsp3) is 0.486. The first-order valence-corrected chi connectivity index (χ1v) is 15.5. The van der Waals surface area contributed by atoms with Crippen molar-refractivity contribution in [3.8, 4) is 11.1 Å². The average Bonchev–Trinajstić information content (AvgIpc) is 3.71. The molecule has 218 valence electrons. The van der Waals surface area contributed by atoms with Crippen LogP contribution in [0, 0.1) is 5.92 Å². The molecule has 5 unspecified atom stereocenters. The van der Waals surface area contributed by atoms with Crippen LogP contribution in [-0.4, -0.2) is 59.8 Å². The number of likely N-dealkylation sites (tertiary alicyclic amines) is 2. The molecule has 6 rings (SSSR count). The highest BCUT2D eigenvalue weighted by Gasteiger charge is 2.40. The summed E-state index contributed by atoms with van der Waals surface area (Å²) in [5.74, 6) is 0.190. The van der Waals surface area contributed by atoms with Crippen LogP contribution in [0.3, 0.4) is 0 Å². The van der Waals surface area contributed by atoms with Crippen LogP contribution in [0.25, 0.3) is 11.1 Å². The van der Waals surface area contributed by atoms with Crippen LogP contribution >= 0.6 is 0 Å². The number of aliphatic hydroxyl groups is 1. The highest BCUT2D eigenvalue weighted by molar-refractivity contribution is 5.67. The zero-order valence-corrected chi connectivity index (χ0v) is 24.3. The summed E-state index contributed by atoms with van der Waals surface area (Å²) in [6.07, 6.45) is 4.71. The van der Waals surface area contributed by atoms with E-state index in [0.717, 1.165) is 40.9 Å². The minimum Gasteiger partial charge on any atom is -0.392 e. The lowest BCUT2D eigenvalue weighted by molar-refractivity contribution is -0.276. The topological polar surface area (TPSA) is 71.2 Å². The second-order valence-corrected chi connectivity index (χ2v) is 12.1. The first-order valence-electron chi connectivity index (χ1n) is 15.5. The molecule has 0 amide bonds. The van der Waals surface area contributed by atoms with Gasteiger partial charge in [-0.15, -0.1) is 0 Å². The van der Waals surface area contributed by atoms with Gasteiger partial charge >= 0.3 is 0 Å². The molecule has 6 heteroatoms. The second kappa shape index (κ2) is 13.2. The van der Waals surface area contributed by atoms with Gasteiger partial charge in [-0.1, -0.05) is 79.7 Å². The molecule has 3 aromatic rings. The Morgan fingerprint density at radius 1 is 0.829 bits per heavy atom. The van der Waals surface area contributed by atoms with Crippen molar-refractivity contribution in [3.63, 3.8) is 0 Å². The van der Waals surface area contributed by atoms with E-state index in [1.165, 1.54) is 50.9 Å². The first-order chi connectivity index (χ1) is 20.1. The Kier molecular flexibility index (Phi) is 9.16. The van der Waals surface area contributed by atoms with E-state index in [1.807, 2.05) is 18.2 Å². The van der Waals surface area contributed by atoms with Crippen molar-refractivity contribution >= 4 is 0 Å². The summed E-state index contributed by atoms with van der Waals surface area (Å²) in [6, 6.07) is 25.7. The third-order valence-corrected chi connectivity index (χ3v) is 9.44. The number of nitrogens with zero attached hydrogens (tertiary/aromatic N) is 2. The van der Waals surface area contributed by atoms with Crippen molar-refractivity contribution in [2.45, 2.75) is 70.3 Å². The van der Waals surface area contributed by atoms with Gasteiger partial charge in [-0.2, -0.15) is 0 Å². The summed E-state index contributed by atoms with van der Waals surface area (Å²) in [4.78, 5) is 5.33. The number of hydrogen-bond donors (Lipinski definition) is 2. The molecule has 3 N–H and O–H groups in total. The summed E-state index contributed by atoms with van der Waals surface area (Å²) in [7, 11) is 0. The molecule has 3 fully saturated rings. The first kappa shape index (κ1) is 28.5. The average molecular weight is 556 g/mol. The van der Waals surface area contributed by atoms with Gasteiger partial charge < -0.3 is 25.2 Å². The van der Waals surface area contributed by atoms with Crippen molar-refractivity contribution in [1.29, 1.82) is 0 Å². The van der Waals surface area contributed by atoms with Gasteiger partial charge in [0.15, 0.2) is 6.29 Å². The summed E-state index contributed by atoms with van der Waals surface area (Å²) >= 11 is 0. The molecule has 3 aliphatic rings. The number of hydrogen-bond acceptors (Lipinski definition) is 6. The molecular weight excluding hydrogens is 510 g/mol. The molecule has 0 saturated carbocycles. The Morgan fingerprint density at radius 2 is 1.56 bits per heavy atom. The molecule has 3 saturated heterocycles. The van der Waals surface area contributed by atoms with E-state index in [4.69, 9.17) is 15.2 Å². The van der Waals surface area contributed by atoms with Gasteiger partial charge in [-0.3, -0.25) is 4.90 Å². The van der Waals surface area contributed by atoms with E-state index < -0.39 is 6.29 Å². The molecular formula is C35H45N3O3. The standard InChI is InChI=1S/C35H45N3O3/c1-25-33(23-38-20-6-8-31(38)22-37-18-4-5-19-37)40-35(41-34(25)28-12-10-26(24-39)11-13-28)29-16-14-27(15-17-29)32-9-3-2-7-30(32)21-36/h2-3,7,9-17,25,31,33-35,39H,4-6,8,18-24,36H2,1H3. The fourth-order valence-electron chi connectivity index (χ4n) is 6.96. The summed E-state index contributed by atoms with van der Waals surface area (Å²) in [5, 5.41) is 9.58. The molecule has 0 aromatic heterocycles. The van der Waals surface area contributed by atoms with Crippen LogP contribution in [-0.2, 0) is 22.6 Å². The van der Waals surface area contributed by atoms with E-state index in [2.05, 4.69) is 71.3 Å². The van der Waals surface area contributed by atoms with E-state index >= 15 is 0 Å². The SMILES string of the molecule is CC1C(CN2CCCC2CN2CCCC2)OC(c2ccc(-c3ccccc3CN)cc2)OC1c1ccc(CO)cc1. The summed E-state index contributed by atoms with van der Waals surface area (Å²) in [5.41, 5.74) is 12.5. The molecule has 0 bridgehead atoms. The maximum Gasteiger partial charge on any atom is 0.184 e. The number of nitrogens with two attached hydrogens (primary N) is 1. The van der Waals surface area contributed by atoms with Gasteiger partial charge in [0, 0.05) is 37.2 Å². The molecule has 6 nitrogen and oxygen atoms in total. The van der Waals surface area contributed by atoms with Gasteiger partial charge in [-0.05, 0) is 73.1 Å². The second-order valence-electron chi connectivity index (χ2n) is 12.1. The molecule has 0 aliphatic carbocycles. The van der Waals surface area contributed by atoms with Gasteiger partial charge in [0.1, 0.15) is 0 Å². The van der Waals surface area contributed by atoms with Gasteiger partial charge in [0.05, 0.1) is 18.8 Å². The predicted octanol–water partition coefficient (Wildman–Crippen LogP) is 5.66. The van der Waals surface area contributed by atoms with Crippen molar-refractivity contribution < 1.29 is 14.6 Å². The van der Waals surface area contributed by atoms with Crippen LogP contribution in [0.15, 0.2) is 72.8 Å². The highest BCUT2D eigenvalue weighted by atomic mass is 16.7. The molecule has 3 heterocycles. The van der Waals surface area contributed by atoms with Crippen LogP contribution in [0.2, 0.25) is 0 Å². The summed E-state index contributed by atoms with van der Waals surface area (Å²) in [6.45, 7) is 8.56. The molecule has 3 aromatic carbocycles. The number of aliphatic hydroxyl groups excluding tert-OH is 1. The quantitative estimate of drug-likeness (QED) is 0.355. The third kappa shape index (κ3) is 6.43. The Labute approximate surface area is 245 Å². The van der Waals surface area contributed by atoms with E-state index in [-0.39, 0.29) is 24.7 Å². The Bertz CT molecular complexity index is 1260. The lowest BCUT2D eigenvalue weighted by Crippen LogP contribution is -2.48. The molecule has 3 aliphatic heterocycles. The smallest absolute Gasteiger partial charge is 0.184 e. The number of benzene rings is 3. The lowest BCUT2D eigenvalue weighted by Gasteiger charge is -2.43. The van der Waals surface area contributed by atoms with E-state index in [1.54, 1.807) is 0 Å². The summed E-state index contributed by atoms with van der Waals surface area (Å²) < 4.78 is 13.5. The molecule has 5 atom stereocenters. The maximum absolute atomic E-state index is 9.58. The minimum atomic E-state index is -0.447. The van der Waals surface area contributed by atoms with E-state index in [0.29, 0.717) is 12.6 Å². The lowest BCUT2D eigenvalue weighted by atomic mass is 9.89. The number of ether oxygens (including phenoxy) is 2. The Morgan fingerprint density at radius 3 is 2.29 bits per heavy atom. The Hall–Kier alpha value is -2.58. The highest BCUT2D eigenvalue weighted by Crippen LogP contribution is 2.42. The zero-order chi connectivity index (χ0) is 28.2. The third-order valence-electron chi connectivity index (χ3n) is 9.44. The van der Waals surface area contributed by atoms with Crippen LogP contribution in [0.4, 0.5) is 0 Å². The van der Waals surface area contributed by atoms with Crippen molar-refractivity contribution in [3.05, 3.63) is 95.1 Å². The van der Waals surface area contributed by atoms with Gasteiger partial charge in [0.25, 0.3) is 0 Å². The van der Waals surface area contributed by atoms with Gasteiger partial charge in [-0.25, -0.2) is 0 Å². The largest absolute Gasteiger partial charge is 0.392 e. The monoisotopic (exact) mass is 555 g/mol. The zero-order valence-electron chi connectivity index (χ0n) is 24.3.